The normalized spacial score (nSPS) is 23.7. The first-order chi connectivity index (χ1) is 8.58. The third-order valence-corrected chi connectivity index (χ3v) is 4.50. The molecule has 2 rings (SSSR count). The minimum Gasteiger partial charge on any atom is -0.389 e. The van der Waals surface area contributed by atoms with E-state index in [1.807, 2.05) is 12.1 Å². The summed E-state index contributed by atoms with van der Waals surface area (Å²) in [5.74, 6) is 0.862. The lowest BCUT2D eigenvalue weighted by Crippen LogP contribution is -2.26. The molecular formula is C14H19BrN2S. The highest BCUT2D eigenvalue weighted by Crippen LogP contribution is 2.29. The fourth-order valence-electron chi connectivity index (χ4n) is 2.52. The Morgan fingerprint density at radius 1 is 1.33 bits per heavy atom. The third kappa shape index (κ3) is 3.23. The van der Waals surface area contributed by atoms with Gasteiger partial charge in [0.25, 0.3) is 0 Å². The van der Waals surface area contributed by atoms with Crippen molar-refractivity contribution in [2.75, 3.05) is 5.32 Å². The van der Waals surface area contributed by atoms with E-state index in [0.29, 0.717) is 11.0 Å². The number of nitrogens with two attached hydrogens (primary N) is 1. The van der Waals surface area contributed by atoms with E-state index in [9.17, 15) is 0 Å². The quantitative estimate of drug-likeness (QED) is 0.822. The number of hydrogen-bond acceptors (Lipinski definition) is 2. The minimum atomic E-state index is 0.439. The predicted octanol–water partition coefficient (Wildman–Crippen LogP) is 4.07. The van der Waals surface area contributed by atoms with Crippen LogP contribution in [0.4, 0.5) is 5.69 Å². The van der Waals surface area contributed by atoms with E-state index >= 15 is 0 Å². The van der Waals surface area contributed by atoms with Crippen molar-refractivity contribution >= 4 is 38.8 Å². The molecule has 98 valence electrons. The summed E-state index contributed by atoms with van der Waals surface area (Å²) in [6.45, 7) is 2.33. The number of thiocarbonyl (C=S) groups is 1. The number of hydrogen-bond donors (Lipinski definition) is 2. The molecule has 0 aromatic heterocycles. The smallest absolute Gasteiger partial charge is 0.107 e. The summed E-state index contributed by atoms with van der Waals surface area (Å²) in [6, 6.07) is 6.59. The van der Waals surface area contributed by atoms with Crippen LogP contribution in [0.3, 0.4) is 0 Å². The highest BCUT2D eigenvalue weighted by molar-refractivity contribution is 9.10. The molecule has 2 nitrogen and oxygen atoms in total. The average Bonchev–Trinajstić information content (AvgIpc) is 2.32. The molecule has 1 aliphatic carbocycles. The highest BCUT2D eigenvalue weighted by atomic mass is 79.9. The SMILES string of the molecule is CC1CCC(Nc2cccc(Br)c2C(N)=S)CC1. The molecule has 1 fully saturated rings. The van der Waals surface area contributed by atoms with Gasteiger partial charge in [-0.1, -0.05) is 25.2 Å². The molecule has 0 bridgehead atoms. The van der Waals surface area contributed by atoms with Gasteiger partial charge in [0.05, 0.1) is 0 Å². The zero-order chi connectivity index (χ0) is 13.1. The van der Waals surface area contributed by atoms with Crippen LogP contribution in [0.1, 0.15) is 38.2 Å². The lowest BCUT2D eigenvalue weighted by atomic mass is 9.87. The lowest BCUT2D eigenvalue weighted by Gasteiger charge is -2.28. The predicted molar refractivity (Wildman–Crippen MR) is 85.1 cm³/mol. The van der Waals surface area contributed by atoms with Gasteiger partial charge < -0.3 is 11.1 Å². The van der Waals surface area contributed by atoms with Crippen molar-refractivity contribution in [1.29, 1.82) is 0 Å². The van der Waals surface area contributed by atoms with Gasteiger partial charge in [-0.2, -0.15) is 0 Å². The van der Waals surface area contributed by atoms with Crippen LogP contribution in [0.25, 0.3) is 0 Å². The Kier molecular flexibility index (Phi) is 4.62. The zero-order valence-corrected chi connectivity index (χ0v) is 13.0. The van der Waals surface area contributed by atoms with Gasteiger partial charge in [-0.15, -0.1) is 0 Å². The first kappa shape index (κ1) is 13.8. The molecule has 0 saturated heterocycles. The maximum Gasteiger partial charge on any atom is 0.107 e. The zero-order valence-electron chi connectivity index (χ0n) is 10.6. The number of benzene rings is 1. The van der Waals surface area contributed by atoms with E-state index in [-0.39, 0.29) is 0 Å². The molecule has 1 aliphatic rings. The summed E-state index contributed by atoms with van der Waals surface area (Å²) in [7, 11) is 0. The molecule has 0 atom stereocenters. The Bertz CT molecular complexity index is 439. The molecule has 0 spiro atoms. The lowest BCUT2D eigenvalue weighted by molar-refractivity contribution is 0.361. The van der Waals surface area contributed by atoms with E-state index in [4.69, 9.17) is 18.0 Å². The first-order valence-corrected chi connectivity index (χ1v) is 7.63. The van der Waals surface area contributed by atoms with E-state index < -0.39 is 0 Å². The summed E-state index contributed by atoms with van der Waals surface area (Å²) < 4.78 is 0.962. The van der Waals surface area contributed by atoms with Crippen molar-refractivity contribution in [1.82, 2.24) is 0 Å². The molecule has 0 heterocycles. The fourth-order valence-corrected chi connectivity index (χ4v) is 3.45. The van der Waals surface area contributed by atoms with Crippen LogP contribution in [-0.4, -0.2) is 11.0 Å². The number of anilines is 1. The van der Waals surface area contributed by atoms with E-state index in [2.05, 4.69) is 34.2 Å². The van der Waals surface area contributed by atoms with Gasteiger partial charge >= 0.3 is 0 Å². The van der Waals surface area contributed by atoms with Gasteiger partial charge in [0.15, 0.2) is 0 Å². The van der Waals surface area contributed by atoms with Crippen molar-refractivity contribution in [3.8, 4) is 0 Å². The molecule has 18 heavy (non-hydrogen) atoms. The van der Waals surface area contributed by atoms with Crippen LogP contribution in [0.5, 0.6) is 0 Å². The number of rotatable bonds is 3. The monoisotopic (exact) mass is 326 g/mol. The maximum atomic E-state index is 5.80. The second kappa shape index (κ2) is 6.02. The topological polar surface area (TPSA) is 38.0 Å². The Morgan fingerprint density at radius 3 is 2.61 bits per heavy atom. The highest BCUT2D eigenvalue weighted by Gasteiger charge is 2.19. The molecule has 0 unspecified atom stereocenters. The third-order valence-electron chi connectivity index (χ3n) is 3.64. The second-order valence-electron chi connectivity index (χ2n) is 5.13. The van der Waals surface area contributed by atoms with E-state index in [1.165, 1.54) is 25.7 Å². The van der Waals surface area contributed by atoms with Crippen molar-refractivity contribution < 1.29 is 0 Å². The standard InChI is InChI=1S/C14H19BrN2S/c1-9-5-7-10(8-6-9)17-12-4-2-3-11(15)13(12)14(16)18/h2-4,9-10,17H,5-8H2,1H3,(H2,16,18). The van der Waals surface area contributed by atoms with Crippen molar-refractivity contribution in [3.63, 3.8) is 0 Å². The number of halogens is 1. The van der Waals surface area contributed by atoms with Gasteiger partial charge in [-0.25, -0.2) is 0 Å². The summed E-state index contributed by atoms with van der Waals surface area (Å²) in [5, 5.41) is 3.59. The van der Waals surface area contributed by atoms with Crippen LogP contribution in [0.2, 0.25) is 0 Å². The number of nitrogens with one attached hydrogen (secondary N) is 1. The molecule has 3 N–H and O–H groups in total. The minimum absolute atomic E-state index is 0.439. The van der Waals surface area contributed by atoms with Crippen LogP contribution >= 0.6 is 28.1 Å². The molecule has 1 saturated carbocycles. The molecule has 4 heteroatoms. The Hall–Kier alpha value is -0.610. The summed E-state index contributed by atoms with van der Waals surface area (Å²) in [5.41, 5.74) is 7.78. The van der Waals surface area contributed by atoms with Crippen LogP contribution in [0, 0.1) is 5.92 Å². The Balaban J connectivity index is 2.14. The molecule has 0 aliphatic heterocycles. The maximum absolute atomic E-state index is 5.80. The van der Waals surface area contributed by atoms with Crippen LogP contribution in [-0.2, 0) is 0 Å². The summed E-state index contributed by atoms with van der Waals surface area (Å²) >= 11 is 8.65. The van der Waals surface area contributed by atoms with Gasteiger partial charge in [0.2, 0.25) is 0 Å². The fraction of sp³-hybridized carbons (Fsp3) is 0.500. The van der Waals surface area contributed by atoms with Crippen LogP contribution < -0.4 is 11.1 Å². The Morgan fingerprint density at radius 2 is 2.00 bits per heavy atom. The molecule has 1 aromatic carbocycles. The second-order valence-corrected chi connectivity index (χ2v) is 6.42. The van der Waals surface area contributed by atoms with Crippen LogP contribution in [0.15, 0.2) is 22.7 Å². The van der Waals surface area contributed by atoms with E-state index in [1.54, 1.807) is 0 Å². The molecule has 0 radical (unpaired) electrons. The van der Waals surface area contributed by atoms with Crippen molar-refractivity contribution in [2.45, 2.75) is 38.6 Å². The van der Waals surface area contributed by atoms with E-state index in [0.717, 1.165) is 21.6 Å². The van der Waals surface area contributed by atoms with Crippen molar-refractivity contribution in [3.05, 3.63) is 28.2 Å². The van der Waals surface area contributed by atoms with Gasteiger partial charge in [0.1, 0.15) is 4.99 Å². The van der Waals surface area contributed by atoms with Crippen molar-refractivity contribution in [2.24, 2.45) is 11.7 Å². The van der Waals surface area contributed by atoms with Gasteiger partial charge in [-0.3, -0.25) is 0 Å². The molecule has 0 amide bonds. The van der Waals surface area contributed by atoms with Gasteiger partial charge in [-0.05, 0) is 59.7 Å². The Labute approximate surface area is 122 Å². The average molecular weight is 327 g/mol. The first-order valence-electron chi connectivity index (χ1n) is 6.42. The van der Waals surface area contributed by atoms with Gasteiger partial charge in [0, 0.05) is 21.8 Å². The molecular weight excluding hydrogens is 308 g/mol. The largest absolute Gasteiger partial charge is 0.389 e. The molecule has 1 aromatic rings. The summed E-state index contributed by atoms with van der Waals surface area (Å²) in [4.78, 5) is 0.439. The summed E-state index contributed by atoms with van der Waals surface area (Å²) in [6.07, 6.45) is 5.05.